The molecule has 1 rings (SSSR count). The third-order valence-electron chi connectivity index (χ3n) is 4.10. The summed E-state index contributed by atoms with van der Waals surface area (Å²) in [5, 5.41) is 6.72. The van der Waals surface area contributed by atoms with Gasteiger partial charge in [0, 0.05) is 26.3 Å². The fourth-order valence-corrected chi connectivity index (χ4v) is 2.59. The molecule has 0 saturated heterocycles. The summed E-state index contributed by atoms with van der Waals surface area (Å²) in [4.78, 5) is 6.97. The Bertz CT molecular complexity index is 509. The fraction of sp³-hybridized carbons (Fsp3) is 0.650. The molecule has 1 atom stereocenters. The molecule has 0 heterocycles. The van der Waals surface area contributed by atoms with E-state index in [0.717, 1.165) is 50.9 Å². The molecule has 2 N–H and O–H groups in total. The number of guanidine groups is 1. The molecule has 0 aliphatic rings. The molecule has 27 heavy (non-hydrogen) atoms. The van der Waals surface area contributed by atoms with Crippen molar-refractivity contribution in [2.75, 3.05) is 54.1 Å². The maximum atomic E-state index is 5.37. The Labute approximate surface area is 182 Å². The van der Waals surface area contributed by atoms with Crippen molar-refractivity contribution in [2.24, 2.45) is 4.99 Å². The average Bonchev–Trinajstić information content (AvgIpc) is 2.64. The summed E-state index contributed by atoms with van der Waals surface area (Å²) in [6, 6.07) is 8.42. The van der Waals surface area contributed by atoms with Crippen LogP contribution in [0, 0.1) is 0 Å². The van der Waals surface area contributed by atoms with E-state index < -0.39 is 0 Å². The molecule has 0 saturated carbocycles. The van der Waals surface area contributed by atoms with Gasteiger partial charge in [0.15, 0.2) is 5.96 Å². The van der Waals surface area contributed by atoms with Crippen LogP contribution in [-0.2, 0) is 4.74 Å². The van der Waals surface area contributed by atoms with E-state index in [9.17, 15) is 0 Å². The van der Waals surface area contributed by atoms with Crippen molar-refractivity contribution in [1.82, 2.24) is 15.5 Å². The van der Waals surface area contributed by atoms with Gasteiger partial charge in [-0.15, -0.1) is 24.0 Å². The summed E-state index contributed by atoms with van der Waals surface area (Å²) in [7, 11) is 5.85. The molecule has 7 heteroatoms. The van der Waals surface area contributed by atoms with Gasteiger partial charge in [0.05, 0.1) is 19.7 Å². The second kappa shape index (κ2) is 15.9. The lowest BCUT2D eigenvalue weighted by atomic mass is 10.1. The van der Waals surface area contributed by atoms with Crippen molar-refractivity contribution in [3.63, 3.8) is 0 Å². The minimum atomic E-state index is 0. The number of nitrogens with zero attached hydrogens (tertiary/aromatic N) is 2. The molecule has 1 unspecified atom stereocenters. The Morgan fingerprint density at radius 1 is 1.11 bits per heavy atom. The second-order valence-corrected chi connectivity index (χ2v) is 6.30. The number of likely N-dealkylation sites (N-methyl/N-ethyl adjacent to an activating group) is 1. The maximum absolute atomic E-state index is 5.37. The zero-order valence-corrected chi connectivity index (χ0v) is 19.8. The van der Waals surface area contributed by atoms with Crippen LogP contribution in [0.25, 0.3) is 0 Å². The van der Waals surface area contributed by atoms with E-state index in [1.165, 1.54) is 5.56 Å². The largest absolute Gasteiger partial charge is 0.497 e. The van der Waals surface area contributed by atoms with E-state index in [-0.39, 0.29) is 30.0 Å². The van der Waals surface area contributed by atoms with E-state index >= 15 is 0 Å². The summed E-state index contributed by atoms with van der Waals surface area (Å²) < 4.78 is 10.6. The smallest absolute Gasteiger partial charge is 0.191 e. The monoisotopic (exact) mass is 492 g/mol. The number of unbranched alkanes of at least 4 members (excludes halogenated alkanes) is 1. The summed E-state index contributed by atoms with van der Waals surface area (Å²) in [6.45, 7) is 8.15. The fourth-order valence-electron chi connectivity index (χ4n) is 2.59. The molecule has 6 nitrogen and oxygen atoms in total. The highest BCUT2D eigenvalue weighted by atomic mass is 127. The summed E-state index contributed by atoms with van der Waals surface area (Å²) in [6.07, 6.45) is 2.13. The first-order valence-corrected chi connectivity index (χ1v) is 9.52. The van der Waals surface area contributed by atoms with Crippen LogP contribution in [0.1, 0.15) is 38.3 Å². The van der Waals surface area contributed by atoms with Gasteiger partial charge in [0.2, 0.25) is 0 Å². The Kier molecular flexibility index (Phi) is 15.3. The number of hydrogen-bond donors (Lipinski definition) is 2. The molecule has 0 aromatic heterocycles. The van der Waals surface area contributed by atoms with Crippen molar-refractivity contribution in [3.05, 3.63) is 29.8 Å². The van der Waals surface area contributed by atoms with Crippen molar-refractivity contribution in [3.8, 4) is 5.75 Å². The standard InChI is InChI=1S/C20H36N4O2.HI/c1-6-21-20(22-14-8-9-15-26-7-2)23-16-19(24(3)4)17-10-12-18(25-5)13-11-17;/h10-13,19H,6-9,14-16H2,1-5H3,(H2,21,22,23);1H. The molecule has 0 aliphatic heterocycles. The first-order valence-electron chi connectivity index (χ1n) is 9.52. The SMILES string of the molecule is CCNC(=NCC(c1ccc(OC)cc1)N(C)C)NCCCCOCC.I. The number of ether oxygens (including phenoxy) is 2. The van der Waals surface area contributed by atoms with Gasteiger partial charge in [-0.1, -0.05) is 12.1 Å². The van der Waals surface area contributed by atoms with Gasteiger partial charge in [-0.2, -0.15) is 0 Å². The molecule has 0 amide bonds. The molecule has 0 aliphatic carbocycles. The Hall–Kier alpha value is -1.06. The highest BCUT2D eigenvalue weighted by Gasteiger charge is 2.14. The van der Waals surface area contributed by atoms with Crippen LogP contribution in [0.15, 0.2) is 29.3 Å². The topological polar surface area (TPSA) is 58.1 Å². The Morgan fingerprint density at radius 3 is 2.37 bits per heavy atom. The van der Waals surface area contributed by atoms with Crippen LogP contribution in [-0.4, -0.2) is 64.9 Å². The Morgan fingerprint density at radius 2 is 1.81 bits per heavy atom. The lowest BCUT2D eigenvalue weighted by Gasteiger charge is -2.24. The molecular formula is C20H37IN4O2. The van der Waals surface area contributed by atoms with Gasteiger partial charge in [-0.05, 0) is 58.5 Å². The number of hydrogen-bond acceptors (Lipinski definition) is 4. The minimum Gasteiger partial charge on any atom is -0.497 e. The molecule has 0 bridgehead atoms. The van der Waals surface area contributed by atoms with Crippen LogP contribution in [0.4, 0.5) is 0 Å². The average molecular weight is 492 g/mol. The lowest BCUT2D eigenvalue weighted by molar-refractivity contribution is 0.143. The number of rotatable bonds is 12. The number of aliphatic imine (C=N–C) groups is 1. The minimum absolute atomic E-state index is 0. The second-order valence-electron chi connectivity index (χ2n) is 6.30. The highest BCUT2D eigenvalue weighted by molar-refractivity contribution is 14.0. The van der Waals surface area contributed by atoms with Crippen LogP contribution >= 0.6 is 24.0 Å². The number of benzene rings is 1. The third-order valence-corrected chi connectivity index (χ3v) is 4.10. The van der Waals surface area contributed by atoms with Crippen LogP contribution in [0.3, 0.4) is 0 Å². The molecule has 0 radical (unpaired) electrons. The zero-order valence-electron chi connectivity index (χ0n) is 17.5. The van der Waals surface area contributed by atoms with Crippen molar-refractivity contribution in [2.45, 2.75) is 32.7 Å². The molecule has 0 fully saturated rings. The van der Waals surface area contributed by atoms with Crippen molar-refractivity contribution < 1.29 is 9.47 Å². The number of halogens is 1. The predicted molar refractivity (Wildman–Crippen MR) is 125 cm³/mol. The normalized spacial score (nSPS) is 12.4. The molecule has 156 valence electrons. The summed E-state index contributed by atoms with van der Waals surface area (Å²) >= 11 is 0. The van der Waals surface area contributed by atoms with Gasteiger partial charge in [0.25, 0.3) is 0 Å². The van der Waals surface area contributed by atoms with Crippen LogP contribution in [0.2, 0.25) is 0 Å². The van der Waals surface area contributed by atoms with E-state index in [1.807, 2.05) is 19.1 Å². The van der Waals surface area contributed by atoms with Crippen LogP contribution in [0.5, 0.6) is 5.75 Å². The summed E-state index contributed by atoms with van der Waals surface area (Å²) in [5.41, 5.74) is 1.23. The number of methoxy groups -OCH3 is 1. The van der Waals surface area contributed by atoms with Crippen LogP contribution < -0.4 is 15.4 Å². The zero-order chi connectivity index (χ0) is 19.2. The van der Waals surface area contributed by atoms with Gasteiger partial charge in [0.1, 0.15) is 5.75 Å². The van der Waals surface area contributed by atoms with Gasteiger partial charge in [-0.25, -0.2) is 0 Å². The van der Waals surface area contributed by atoms with Gasteiger partial charge in [-0.3, -0.25) is 4.99 Å². The van der Waals surface area contributed by atoms with E-state index in [0.29, 0.717) is 6.54 Å². The Balaban J connectivity index is 0.00000676. The number of nitrogens with one attached hydrogen (secondary N) is 2. The molecule has 1 aromatic carbocycles. The molecular weight excluding hydrogens is 455 g/mol. The van der Waals surface area contributed by atoms with Gasteiger partial charge >= 0.3 is 0 Å². The highest BCUT2D eigenvalue weighted by Crippen LogP contribution is 2.21. The molecule has 0 spiro atoms. The van der Waals surface area contributed by atoms with Crippen molar-refractivity contribution >= 4 is 29.9 Å². The van der Waals surface area contributed by atoms with Gasteiger partial charge < -0.3 is 25.0 Å². The quantitative estimate of drug-likeness (QED) is 0.203. The lowest BCUT2D eigenvalue weighted by Crippen LogP contribution is -2.38. The molecule has 1 aromatic rings. The van der Waals surface area contributed by atoms with E-state index in [2.05, 4.69) is 48.7 Å². The van der Waals surface area contributed by atoms with Crippen molar-refractivity contribution in [1.29, 1.82) is 0 Å². The predicted octanol–water partition coefficient (Wildman–Crippen LogP) is 3.29. The summed E-state index contributed by atoms with van der Waals surface area (Å²) in [5.74, 6) is 1.74. The first kappa shape index (κ1) is 25.9. The first-order chi connectivity index (χ1) is 12.6. The maximum Gasteiger partial charge on any atom is 0.191 e. The third kappa shape index (κ3) is 10.8. The van der Waals surface area contributed by atoms with E-state index in [1.54, 1.807) is 7.11 Å². The van der Waals surface area contributed by atoms with E-state index in [4.69, 9.17) is 14.5 Å².